The predicted molar refractivity (Wildman–Crippen MR) is 90.4 cm³/mol. The fourth-order valence-electron chi connectivity index (χ4n) is 2.08. The fraction of sp³-hybridized carbons (Fsp3) is 0.312. The maximum Gasteiger partial charge on any atom is 0.143 e. The monoisotopic (exact) mass is 353 g/mol. The molecule has 0 radical (unpaired) electrons. The van der Waals surface area contributed by atoms with E-state index in [9.17, 15) is 4.39 Å². The van der Waals surface area contributed by atoms with Crippen molar-refractivity contribution in [2.45, 2.75) is 12.5 Å². The largest absolute Gasteiger partial charge is 0.484 e. The van der Waals surface area contributed by atoms with Crippen LogP contribution in [0.25, 0.3) is 0 Å². The Bertz CT molecular complexity index is 673. The molecule has 0 saturated carbocycles. The lowest BCUT2D eigenvalue weighted by molar-refractivity contribution is 0.194. The zero-order chi connectivity index (χ0) is 16.7. The van der Waals surface area contributed by atoms with Gasteiger partial charge in [-0.1, -0.05) is 11.6 Å². The second-order valence-corrected chi connectivity index (χ2v) is 6.05. The maximum atomic E-state index is 13.5. The van der Waals surface area contributed by atoms with Gasteiger partial charge in [-0.25, -0.2) is 4.39 Å². The smallest absolute Gasteiger partial charge is 0.143 e. The van der Waals surface area contributed by atoms with E-state index in [-0.39, 0.29) is 22.4 Å². The number of hydrogen-bond donors (Lipinski definition) is 2. The molecule has 0 aliphatic carbocycles. The Morgan fingerprint density at radius 2 is 2.26 bits per heavy atom. The van der Waals surface area contributed by atoms with E-state index in [1.54, 1.807) is 11.3 Å². The predicted octanol–water partition coefficient (Wildman–Crippen LogP) is 3.47. The van der Waals surface area contributed by atoms with Gasteiger partial charge in [0.25, 0.3) is 0 Å². The normalized spacial score (nSPS) is 11.9. The third-order valence-electron chi connectivity index (χ3n) is 3.23. The number of hydrogen-bond acceptors (Lipinski definition) is 5. The van der Waals surface area contributed by atoms with Crippen LogP contribution in [0, 0.1) is 17.1 Å². The highest BCUT2D eigenvalue weighted by molar-refractivity contribution is 7.07. The van der Waals surface area contributed by atoms with Gasteiger partial charge in [0.1, 0.15) is 23.7 Å². The van der Waals surface area contributed by atoms with E-state index in [0.717, 1.165) is 18.2 Å². The number of nitrogens with one attached hydrogen (secondary N) is 1. The molecule has 0 amide bonds. The Morgan fingerprint density at radius 1 is 1.43 bits per heavy atom. The molecule has 1 heterocycles. The molecule has 7 heteroatoms. The quantitative estimate of drug-likeness (QED) is 0.713. The number of rotatable bonds is 8. The molecule has 0 bridgehead atoms. The van der Waals surface area contributed by atoms with Crippen molar-refractivity contribution in [1.82, 2.24) is 5.32 Å². The number of ether oxygens (including phenoxy) is 1. The molecule has 2 aromatic rings. The van der Waals surface area contributed by atoms with Crippen LogP contribution in [0.1, 0.15) is 23.7 Å². The maximum absolute atomic E-state index is 13.5. The average Bonchev–Trinajstić information content (AvgIpc) is 3.07. The molecule has 4 nitrogen and oxygen atoms in total. The molecule has 3 N–H and O–H groups in total. The summed E-state index contributed by atoms with van der Waals surface area (Å²) in [6.45, 7) is 2.01. The van der Waals surface area contributed by atoms with Gasteiger partial charge in [0, 0.05) is 31.1 Å². The summed E-state index contributed by atoms with van der Waals surface area (Å²) in [4.78, 5) is 0. The molecule has 1 aromatic carbocycles. The van der Waals surface area contributed by atoms with Crippen molar-refractivity contribution in [2.24, 2.45) is 5.73 Å². The first kappa shape index (κ1) is 17.7. The Balaban J connectivity index is 2.17. The van der Waals surface area contributed by atoms with Crippen LogP contribution in [0.15, 0.2) is 29.0 Å². The second-order valence-electron chi connectivity index (χ2n) is 4.86. The topological polar surface area (TPSA) is 71.1 Å². The van der Waals surface area contributed by atoms with Gasteiger partial charge in [0.15, 0.2) is 0 Å². The molecule has 1 aromatic heterocycles. The summed E-state index contributed by atoms with van der Waals surface area (Å²) in [5.41, 5.74) is 6.59. The zero-order valence-corrected chi connectivity index (χ0v) is 14.0. The number of halogens is 2. The van der Waals surface area contributed by atoms with E-state index in [1.165, 1.54) is 6.07 Å². The van der Waals surface area contributed by atoms with E-state index in [1.807, 2.05) is 22.9 Å². The summed E-state index contributed by atoms with van der Waals surface area (Å²) in [7, 11) is 0. The van der Waals surface area contributed by atoms with Gasteiger partial charge in [-0.3, -0.25) is 0 Å². The van der Waals surface area contributed by atoms with Crippen LogP contribution >= 0.6 is 22.9 Å². The van der Waals surface area contributed by atoms with Crippen molar-refractivity contribution >= 4 is 22.9 Å². The van der Waals surface area contributed by atoms with Crippen molar-refractivity contribution < 1.29 is 9.13 Å². The van der Waals surface area contributed by atoms with Crippen molar-refractivity contribution in [3.8, 4) is 11.8 Å². The molecular formula is C16H17ClFN3OS. The van der Waals surface area contributed by atoms with Crippen molar-refractivity contribution in [3.63, 3.8) is 0 Å². The Labute approximate surface area is 143 Å². The molecule has 2 rings (SSSR count). The minimum Gasteiger partial charge on any atom is -0.484 e. The SMILES string of the molecule is N#Cc1cc(F)c(Cl)cc1O[C@H](CCNCCN)c1ccsc1. The summed E-state index contributed by atoms with van der Waals surface area (Å²) in [5, 5.41) is 16.3. The highest BCUT2D eigenvalue weighted by Crippen LogP contribution is 2.31. The van der Waals surface area contributed by atoms with Gasteiger partial charge in [-0.05, 0) is 29.4 Å². The molecule has 0 fully saturated rings. The molecule has 122 valence electrons. The number of benzene rings is 1. The zero-order valence-electron chi connectivity index (χ0n) is 12.4. The molecule has 0 saturated heterocycles. The van der Waals surface area contributed by atoms with Crippen LogP contribution < -0.4 is 15.8 Å². The minimum atomic E-state index is -0.632. The van der Waals surface area contributed by atoms with Gasteiger partial charge < -0.3 is 15.8 Å². The summed E-state index contributed by atoms with van der Waals surface area (Å²) >= 11 is 7.37. The lowest BCUT2D eigenvalue weighted by atomic mass is 10.1. The highest BCUT2D eigenvalue weighted by Gasteiger charge is 2.17. The van der Waals surface area contributed by atoms with Crippen LogP contribution in [0.5, 0.6) is 5.75 Å². The van der Waals surface area contributed by atoms with Gasteiger partial charge in [-0.2, -0.15) is 16.6 Å². The van der Waals surface area contributed by atoms with Crippen LogP contribution in [0.2, 0.25) is 5.02 Å². The van der Waals surface area contributed by atoms with Crippen molar-refractivity contribution in [1.29, 1.82) is 5.26 Å². The molecule has 0 unspecified atom stereocenters. The first-order chi connectivity index (χ1) is 11.2. The van der Waals surface area contributed by atoms with Gasteiger partial charge in [-0.15, -0.1) is 0 Å². The Hall–Kier alpha value is -1.65. The average molecular weight is 354 g/mol. The van der Waals surface area contributed by atoms with E-state index in [4.69, 9.17) is 27.3 Å². The first-order valence-corrected chi connectivity index (χ1v) is 8.46. The number of nitriles is 1. The van der Waals surface area contributed by atoms with Crippen LogP contribution in [0.3, 0.4) is 0 Å². The first-order valence-electron chi connectivity index (χ1n) is 7.14. The van der Waals surface area contributed by atoms with Gasteiger partial charge >= 0.3 is 0 Å². The number of nitrogens with zero attached hydrogens (tertiary/aromatic N) is 1. The third-order valence-corrected chi connectivity index (χ3v) is 4.22. The minimum absolute atomic E-state index is 0.0654. The highest BCUT2D eigenvalue weighted by atomic mass is 35.5. The third kappa shape index (κ3) is 4.91. The van der Waals surface area contributed by atoms with E-state index in [0.29, 0.717) is 19.5 Å². The molecule has 0 aliphatic heterocycles. The Kier molecular flexibility index (Phi) is 6.81. The standard InChI is InChI=1S/C16H17ClFN3OS/c17-13-8-16(12(9-20)7-14(13)18)22-15(1-4-21-5-3-19)11-2-6-23-10-11/h2,6-8,10,15,21H,1,3-5,19H2/t15-/m1/s1. The summed E-state index contributed by atoms with van der Waals surface area (Å²) in [6.07, 6.45) is 0.441. The summed E-state index contributed by atoms with van der Waals surface area (Å²) < 4.78 is 19.4. The molecule has 0 spiro atoms. The lowest BCUT2D eigenvalue weighted by Gasteiger charge is -2.20. The lowest BCUT2D eigenvalue weighted by Crippen LogP contribution is -2.25. The van der Waals surface area contributed by atoms with Gasteiger partial charge in [0.2, 0.25) is 0 Å². The molecule has 23 heavy (non-hydrogen) atoms. The fourth-order valence-corrected chi connectivity index (χ4v) is 2.93. The second kappa shape index (κ2) is 8.85. The van der Waals surface area contributed by atoms with E-state index >= 15 is 0 Å². The number of thiophene rings is 1. The van der Waals surface area contributed by atoms with Crippen LogP contribution in [-0.2, 0) is 0 Å². The Morgan fingerprint density at radius 3 is 2.91 bits per heavy atom. The van der Waals surface area contributed by atoms with E-state index in [2.05, 4.69) is 5.32 Å². The van der Waals surface area contributed by atoms with Gasteiger partial charge in [0.05, 0.1) is 10.6 Å². The molecule has 1 atom stereocenters. The van der Waals surface area contributed by atoms with Crippen molar-refractivity contribution in [2.75, 3.05) is 19.6 Å². The summed E-state index contributed by atoms with van der Waals surface area (Å²) in [5.74, 6) is -0.346. The summed E-state index contributed by atoms with van der Waals surface area (Å²) in [6, 6.07) is 6.35. The van der Waals surface area contributed by atoms with Crippen molar-refractivity contribution in [3.05, 3.63) is 50.9 Å². The number of nitrogens with two attached hydrogens (primary N) is 1. The van der Waals surface area contributed by atoms with E-state index < -0.39 is 5.82 Å². The van der Waals surface area contributed by atoms with Crippen LogP contribution in [0.4, 0.5) is 4.39 Å². The molecular weight excluding hydrogens is 337 g/mol. The molecule has 0 aliphatic rings. The van der Waals surface area contributed by atoms with Crippen LogP contribution in [-0.4, -0.2) is 19.6 Å².